The van der Waals surface area contributed by atoms with Gasteiger partial charge in [-0.05, 0) is 0 Å². The maximum Gasteiger partial charge on any atom is 0.428 e. The van der Waals surface area contributed by atoms with Crippen molar-refractivity contribution in [2.24, 2.45) is 0 Å². The minimum Gasteiger partial charge on any atom is -0.410 e. The summed E-state index contributed by atoms with van der Waals surface area (Å²) in [6.07, 6.45) is -1.30. The lowest BCUT2D eigenvalue weighted by atomic mass is 10.8. The van der Waals surface area contributed by atoms with E-state index in [1.165, 1.54) is 0 Å². The number of halogens is 3. The molecule has 0 saturated heterocycles. The van der Waals surface area contributed by atoms with Gasteiger partial charge < -0.3 is 4.74 Å². The predicted molar refractivity (Wildman–Crippen MR) is 34.7 cm³/mol. The number of hydrogen-bond donors (Lipinski definition) is 0. The summed E-state index contributed by atoms with van der Waals surface area (Å²) in [5.74, 6) is -0.263. The van der Waals surface area contributed by atoms with Crippen LogP contribution in [0.2, 0.25) is 0 Å². The molecule has 0 aromatic heterocycles. The molecule has 0 aliphatic heterocycles. The molecular formula is C3H3Cl3NO2. The molecule has 0 heterocycles. The van der Waals surface area contributed by atoms with Crippen LogP contribution < -0.4 is 5.73 Å². The van der Waals surface area contributed by atoms with E-state index >= 15 is 0 Å². The minimum absolute atomic E-state index is 0.263. The van der Waals surface area contributed by atoms with Gasteiger partial charge in [-0.2, -0.15) is 0 Å². The lowest BCUT2D eigenvalue weighted by molar-refractivity contribution is 0.133. The Morgan fingerprint density at radius 1 is 1.67 bits per heavy atom. The Labute approximate surface area is 67.0 Å². The third kappa shape index (κ3) is 4.63. The Hall–Kier alpha value is 0.140. The van der Waals surface area contributed by atoms with Gasteiger partial charge in [-0.1, -0.05) is 23.2 Å². The van der Waals surface area contributed by atoms with Gasteiger partial charge >= 0.3 is 6.09 Å². The fraction of sp³-hybridized carbons (Fsp3) is 0.667. The van der Waals surface area contributed by atoms with Crippen molar-refractivity contribution in [1.29, 1.82) is 0 Å². The third-order valence-electron chi connectivity index (χ3n) is 0.398. The molecule has 1 N–H and O–H groups in total. The first-order valence-corrected chi connectivity index (χ1v) is 3.15. The number of hydrogen-bond acceptors (Lipinski definition) is 2. The van der Waals surface area contributed by atoms with Gasteiger partial charge in [0.05, 0.1) is 5.88 Å². The standard InChI is InChI=1S/C3H3Cl3NO2/c4-1-3(5,6)9-2(7)8/h7H,1H2. The summed E-state index contributed by atoms with van der Waals surface area (Å²) in [6.45, 7) is 0. The van der Waals surface area contributed by atoms with Gasteiger partial charge in [0.1, 0.15) is 0 Å². The van der Waals surface area contributed by atoms with Crippen LogP contribution in [0.5, 0.6) is 0 Å². The largest absolute Gasteiger partial charge is 0.428 e. The monoisotopic (exact) mass is 190 g/mol. The first-order chi connectivity index (χ1) is 3.98. The topological polar surface area (TPSA) is 50.1 Å². The van der Waals surface area contributed by atoms with E-state index in [-0.39, 0.29) is 5.88 Å². The molecule has 0 aromatic rings. The zero-order valence-electron chi connectivity index (χ0n) is 4.16. The number of amides is 1. The minimum atomic E-state index is -1.76. The number of alkyl halides is 3. The molecule has 0 rings (SSSR count). The molecule has 0 aromatic carbocycles. The van der Waals surface area contributed by atoms with E-state index in [1.807, 2.05) is 0 Å². The fourth-order valence-corrected chi connectivity index (χ4v) is 0.358. The summed E-state index contributed by atoms with van der Waals surface area (Å²) in [6, 6.07) is 0. The molecule has 0 aliphatic carbocycles. The van der Waals surface area contributed by atoms with Crippen LogP contribution in [-0.2, 0) is 4.74 Å². The molecule has 0 fully saturated rings. The lowest BCUT2D eigenvalue weighted by Gasteiger charge is -2.13. The molecule has 1 radical (unpaired) electrons. The van der Waals surface area contributed by atoms with Gasteiger partial charge in [0, 0.05) is 0 Å². The SMILES string of the molecule is [NH]C(=O)OC(Cl)(Cl)CCl. The van der Waals surface area contributed by atoms with Crippen LogP contribution in [0.4, 0.5) is 4.79 Å². The second kappa shape index (κ2) is 3.34. The van der Waals surface area contributed by atoms with Crippen molar-refractivity contribution in [3.8, 4) is 0 Å². The Morgan fingerprint density at radius 2 is 2.11 bits per heavy atom. The highest BCUT2D eigenvalue weighted by Gasteiger charge is 2.26. The van der Waals surface area contributed by atoms with Gasteiger partial charge in [-0.3, -0.25) is 0 Å². The van der Waals surface area contributed by atoms with Crippen LogP contribution in [0.3, 0.4) is 0 Å². The summed E-state index contributed by atoms with van der Waals surface area (Å²) in [7, 11) is 0. The smallest absolute Gasteiger partial charge is 0.410 e. The predicted octanol–water partition coefficient (Wildman–Crippen LogP) is 1.78. The molecule has 6 heteroatoms. The maximum absolute atomic E-state index is 9.84. The summed E-state index contributed by atoms with van der Waals surface area (Å²) in [5.41, 5.74) is 6.25. The van der Waals surface area contributed by atoms with Crippen molar-refractivity contribution < 1.29 is 9.53 Å². The van der Waals surface area contributed by atoms with E-state index in [4.69, 9.17) is 40.5 Å². The van der Waals surface area contributed by atoms with Crippen molar-refractivity contribution in [3.05, 3.63) is 0 Å². The van der Waals surface area contributed by atoms with Crippen molar-refractivity contribution in [3.63, 3.8) is 0 Å². The number of ether oxygens (including phenoxy) is 1. The molecule has 0 aliphatic rings. The zero-order chi connectivity index (χ0) is 7.49. The molecular weight excluding hydrogens is 188 g/mol. The van der Waals surface area contributed by atoms with Crippen LogP contribution in [0.25, 0.3) is 0 Å². The number of rotatable bonds is 2. The summed E-state index contributed by atoms with van der Waals surface area (Å²) in [4.78, 5) is 9.84. The van der Waals surface area contributed by atoms with Crippen LogP contribution in [0, 0.1) is 0 Å². The van der Waals surface area contributed by atoms with Gasteiger partial charge in [-0.15, -0.1) is 11.6 Å². The first-order valence-electron chi connectivity index (χ1n) is 1.86. The molecule has 9 heavy (non-hydrogen) atoms. The molecule has 0 saturated carbocycles. The van der Waals surface area contributed by atoms with E-state index < -0.39 is 10.6 Å². The molecule has 3 nitrogen and oxygen atoms in total. The maximum atomic E-state index is 9.84. The second-order valence-corrected chi connectivity index (χ2v) is 2.84. The second-order valence-electron chi connectivity index (χ2n) is 1.16. The zero-order valence-corrected chi connectivity index (χ0v) is 6.43. The van der Waals surface area contributed by atoms with E-state index in [2.05, 4.69) is 4.74 Å². The fourth-order valence-electron chi connectivity index (χ4n) is 0.163. The third-order valence-corrected chi connectivity index (χ3v) is 1.47. The summed E-state index contributed by atoms with van der Waals surface area (Å²) >= 11 is 15.5. The number of carbonyl (C=O) groups excluding carboxylic acids is 1. The highest BCUT2D eigenvalue weighted by Crippen LogP contribution is 2.23. The van der Waals surface area contributed by atoms with Crippen LogP contribution in [0.1, 0.15) is 0 Å². The quantitative estimate of drug-likeness (QED) is 0.625. The van der Waals surface area contributed by atoms with Crippen LogP contribution in [0.15, 0.2) is 0 Å². The van der Waals surface area contributed by atoms with Crippen molar-refractivity contribution in [2.45, 2.75) is 4.52 Å². The normalized spacial score (nSPS) is 11.0. The summed E-state index contributed by atoms with van der Waals surface area (Å²) in [5, 5.41) is 0. The van der Waals surface area contributed by atoms with Crippen molar-refractivity contribution in [1.82, 2.24) is 5.73 Å². The van der Waals surface area contributed by atoms with E-state index in [1.54, 1.807) is 0 Å². The Kier molecular flexibility index (Phi) is 3.40. The highest BCUT2D eigenvalue weighted by atomic mass is 35.5. The Bertz CT molecular complexity index is 116. The number of nitrogens with one attached hydrogen (secondary N) is 1. The van der Waals surface area contributed by atoms with Gasteiger partial charge in [-0.25, -0.2) is 10.5 Å². The Morgan fingerprint density at radius 3 is 2.22 bits per heavy atom. The molecule has 0 bridgehead atoms. The Balaban J connectivity index is 3.71. The molecule has 0 spiro atoms. The highest BCUT2D eigenvalue weighted by molar-refractivity contribution is 6.50. The molecule has 0 atom stereocenters. The number of carbonyl (C=O) groups is 1. The van der Waals surface area contributed by atoms with Gasteiger partial charge in [0.2, 0.25) is 0 Å². The van der Waals surface area contributed by atoms with E-state index in [9.17, 15) is 4.79 Å². The van der Waals surface area contributed by atoms with Crippen LogP contribution in [-0.4, -0.2) is 16.5 Å². The first kappa shape index (κ1) is 9.14. The van der Waals surface area contributed by atoms with E-state index in [0.717, 1.165) is 0 Å². The molecule has 0 unspecified atom stereocenters. The molecule has 53 valence electrons. The van der Waals surface area contributed by atoms with Gasteiger partial charge in [0.15, 0.2) is 0 Å². The van der Waals surface area contributed by atoms with E-state index in [0.29, 0.717) is 0 Å². The lowest BCUT2D eigenvalue weighted by Crippen LogP contribution is -2.23. The van der Waals surface area contributed by atoms with Crippen molar-refractivity contribution in [2.75, 3.05) is 5.88 Å². The average molecular weight is 191 g/mol. The summed E-state index contributed by atoms with van der Waals surface area (Å²) < 4.78 is 2.25. The van der Waals surface area contributed by atoms with Gasteiger partial charge in [0.25, 0.3) is 4.52 Å². The van der Waals surface area contributed by atoms with Crippen LogP contribution >= 0.6 is 34.8 Å². The van der Waals surface area contributed by atoms with Crippen molar-refractivity contribution >= 4 is 40.9 Å². The molecule has 1 amide bonds. The average Bonchev–Trinajstić information content (AvgIpc) is 1.63.